The van der Waals surface area contributed by atoms with E-state index in [-0.39, 0.29) is 6.04 Å². The molecule has 0 saturated carbocycles. The van der Waals surface area contributed by atoms with Gasteiger partial charge in [0.1, 0.15) is 5.75 Å². The number of rotatable bonds is 3. The maximum Gasteiger partial charge on any atom is 0.134 e. The molecule has 3 heteroatoms. The van der Waals surface area contributed by atoms with Crippen LogP contribution in [0.3, 0.4) is 0 Å². The van der Waals surface area contributed by atoms with Crippen molar-refractivity contribution in [3.05, 3.63) is 28.0 Å². The largest absolute Gasteiger partial charge is 0.496 e. The van der Waals surface area contributed by atoms with E-state index in [2.05, 4.69) is 6.08 Å². The van der Waals surface area contributed by atoms with E-state index >= 15 is 0 Å². The molecule has 0 fully saturated rings. The lowest BCUT2D eigenvalue weighted by atomic mass is 9.93. The standard InChI is InChI=1S/C12H17NOS/c1-14-10-7-8-15-12(10)11(13)9-5-3-2-4-6-9/h5,7-8,11H,2-4,6,13H2,1H3. The molecular formula is C12H17NOS. The molecule has 2 nitrogen and oxygen atoms in total. The molecule has 1 unspecified atom stereocenters. The molecule has 1 aliphatic rings. The lowest BCUT2D eigenvalue weighted by Crippen LogP contribution is -2.14. The molecule has 0 aliphatic heterocycles. The van der Waals surface area contributed by atoms with Crippen LogP contribution in [0.1, 0.15) is 36.6 Å². The Kier molecular flexibility index (Phi) is 3.44. The summed E-state index contributed by atoms with van der Waals surface area (Å²) in [4.78, 5) is 1.16. The van der Waals surface area contributed by atoms with Gasteiger partial charge < -0.3 is 10.5 Å². The number of ether oxygens (including phenoxy) is 1. The highest BCUT2D eigenvalue weighted by atomic mass is 32.1. The number of hydrogen-bond acceptors (Lipinski definition) is 3. The minimum atomic E-state index is 0.0419. The van der Waals surface area contributed by atoms with Gasteiger partial charge in [0.05, 0.1) is 18.0 Å². The molecule has 82 valence electrons. The van der Waals surface area contributed by atoms with E-state index in [9.17, 15) is 0 Å². The summed E-state index contributed by atoms with van der Waals surface area (Å²) in [6.45, 7) is 0. The first-order chi connectivity index (χ1) is 7.33. The van der Waals surface area contributed by atoms with Crippen LogP contribution in [-0.4, -0.2) is 7.11 Å². The molecule has 15 heavy (non-hydrogen) atoms. The highest BCUT2D eigenvalue weighted by molar-refractivity contribution is 7.10. The highest BCUT2D eigenvalue weighted by Gasteiger charge is 2.18. The van der Waals surface area contributed by atoms with Crippen LogP contribution < -0.4 is 10.5 Å². The first-order valence-electron chi connectivity index (χ1n) is 5.39. The molecule has 0 aromatic carbocycles. The second-order valence-electron chi connectivity index (χ2n) is 3.86. The quantitative estimate of drug-likeness (QED) is 0.798. The Labute approximate surface area is 94.7 Å². The van der Waals surface area contributed by atoms with Gasteiger partial charge in [-0.05, 0) is 37.1 Å². The molecule has 0 amide bonds. The zero-order valence-electron chi connectivity index (χ0n) is 9.03. The molecule has 1 atom stereocenters. The van der Waals surface area contributed by atoms with Gasteiger partial charge in [-0.25, -0.2) is 0 Å². The number of hydrogen-bond donors (Lipinski definition) is 1. The Morgan fingerprint density at radius 3 is 3.00 bits per heavy atom. The Morgan fingerprint density at radius 2 is 2.33 bits per heavy atom. The van der Waals surface area contributed by atoms with E-state index in [1.54, 1.807) is 18.4 Å². The summed E-state index contributed by atoms with van der Waals surface area (Å²) in [6.07, 6.45) is 7.19. The fourth-order valence-corrected chi connectivity index (χ4v) is 2.92. The molecule has 1 aromatic heterocycles. The maximum absolute atomic E-state index is 6.25. The molecule has 0 saturated heterocycles. The van der Waals surface area contributed by atoms with Crippen molar-refractivity contribution in [3.63, 3.8) is 0 Å². The summed E-state index contributed by atoms with van der Waals surface area (Å²) in [5.41, 5.74) is 7.63. The molecule has 2 rings (SSSR count). The third-order valence-corrected chi connectivity index (χ3v) is 3.87. The maximum atomic E-state index is 6.25. The summed E-state index contributed by atoms with van der Waals surface area (Å²) >= 11 is 1.69. The van der Waals surface area contributed by atoms with Crippen molar-refractivity contribution in [2.45, 2.75) is 31.7 Å². The number of nitrogens with two attached hydrogens (primary N) is 1. The SMILES string of the molecule is COc1ccsc1C(N)C1=CCCCC1. The molecule has 0 spiro atoms. The van der Waals surface area contributed by atoms with E-state index in [4.69, 9.17) is 10.5 Å². The monoisotopic (exact) mass is 223 g/mol. The van der Waals surface area contributed by atoms with Gasteiger partial charge in [0.2, 0.25) is 0 Å². The van der Waals surface area contributed by atoms with Crippen LogP contribution in [0.2, 0.25) is 0 Å². The summed E-state index contributed by atoms with van der Waals surface area (Å²) in [7, 11) is 1.70. The van der Waals surface area contributed by atoms with Crippen LogP contribution in [0.5, 0.6) is 5.75 Å². The minimum absolute atomic E-state index is 0.0419. The van der Waals surface area contributed by atoms with Crippen LogP contribution >= 0.6 is 11.3 Å². The van der Waals surface area contributed by atoms with Crippen molar-refractivity contribution >= 4 is 11.3 Å². The Morgan fingerprint density at radius 1 is 1.47 bits per heavy atom. The Balaban J connectivity index is 2.19. The van der Waals surface area contributed by atoms with Gasteiger partial charge in [-0.3, -0.25) is 0 Å². The van der Waals surface area contributed by atoms with Crippen molar-refractivity contribution < 1.29 is 4.74 Å². The predicted octanol–water partition coefficient (Wildman–Crippen LogP) is 3.26. The molecule has 1 aliphatic carbocycles. The smallest absolute Gasteiger partial charge is 0.134 e. The van der Waals surface area contributed by atoms with E-state index < -0.39 is 0 Å². The van der Waals surface area contributed by atoms with Gasteiger partial charge in [0.15, 0.2) is 0 Å². The van der Waals surface area contributed by atoms with Crippen LogP contribution in [-0.2, 0) is 0 Å². The fraction of sp³-hybridized carbons (Fsp3) is 0.500. The van der Waals surface area contributed by atoms with Crippen LogP contribution in [0, 0.1) is 0 Å². The van der Waals surface area contributed by atoms with Gasteiger partial charge in [0.25, 0.3) is 0 Å². The zero-order valence-corrected chi connectivity index (χ0v) is 9.85. The Bertz CT molecular complexity index is 356. The third-order valence-electron chi connectivity index (χ3n) is 2.89. The predicted molar refractivity (Wildman–Crippen MR) is 64.4 cm³/mol. The third kappa shape index (κ3) is 2.24. The molecule has 2 N–H and O–H groups in total. The van der Waals surface area contributed by atoms with Crippen molar-refractivity contribution in [1.29, 1.82) is 0 Å². The summed E-state index contributed by atoms with van der Waals surface area (Å²) in [5.74, 6) is 0.930. The summed E-state index contributed by atoms with van der Waals surface area (Å²) in [5, 5.41) is 2.04. The van der Waals surface area contributed by atoms with Crippen molar-refractivity contribution in [1.82, 2.24) is 0 Å². The van der Waals surface area contributed by atoms with Gasteiger partial charge >= 0.3 is 0 Å². The average molecular weight is 223 g/mol. The lowest BCUT2D eigenvalue weighted by Gasteiger charge is -2.19. The average Bonchev–Trinajstić information content (AvgIpc) is 2.77. The minimum Gasteiger partial charge on any atom is -0.496 e. The number of methoxy groups -OCH3 is 1. The number of allylic oxidation sites excluding steroid dienone is 1. The first-order valence-corrected chi connectivity index (χ1v) is 6.27. The van der Waals surface area contributed by atoms with Crippen molar-refractivity contribution in [3.8, 4) is 5.75 Å². The fourth-order valence-electron chi connectivity index (χ4n) is 2.02. The molecule has 0 radical (unpaired) electrons. The first kappa shape index (κ1) is 10.7. The van der Waals surface area contributed by atoms with Crippen LogP contribution in [0.15, 0.2) is 23.1 Å². The molecule has 0 bridgehead atoms. The van der Waals surface area contributed by atoms with Gasteiger partial charge in [-0.1, -0.05) is 11.6 Å². The zero-order chi connectivity index (χ0) is 10.7. The van der Waals surface area contributed by atoms with Crippen molar-refractivity contribution in [2.75, 3.05) is 7.11 Å². The van der Waals surface area contributed by atoms with E-state index in [1.165, 1.54) is 24.8 Å². The van der Waals surface area contributed by atoms with Crippen LogP contribution in [0.25, 0.3) is 0 Å². The molecular weight excluding hydrogens is 206 g/mol. The highest BCUT2D eigenvalue weighted by Crippen LogP contribution is 2.36. The van der Waals surface area contributed by atoms with Crippen LogP contribution in [0.4, 0.5) is 0 Å². The Hall–Kier alpha value is -0.800. The van der Waals surface area contributed by atoms with Gasteiger partial charge in [-0.15, -0.1) is 11.3 Å². The molecule has 1 aromatic rings. The second-order valence-corrected chi connectivity index (χ2v) is 4.80. The summed E-state index contributed by atoms with van der Waals surface area (Å²) < 4.78 is 5.30. The number of thiophene rings is 1. The normalized spacial score (nSPS) is 18.4. The van der Waals surface area contributed by atoms with E-state index in [0.29, 0.717) is 0 Å². The van der Waals surface area contributed by atoms with E-state index in [0.717, 1.165) is 17.0 Å². The lowest BCUT2D eigenvalue weighted by molar-refractivity contribution is 0.410. The second kappa shape index (κ2) is 4.81. The topological polar surface area (TPSA) is 35.2 Å². The van der Waals surface area contributed by atoms with Gasteiger partial charge in [0, 0.05) is 0 Å². The molecule has 1 heterocycles. The summed E-state index contributed by atoms with van der Waals surface area (Å²) in [6, 6.07) is 2.03. The van der Waals surface area contributed by atoms with Gasteiger partial charge in [-0.2, -0.15) is 0 Å². The van der Waals surface area contributed by atoms with E-state index in [1.807, 2.05) is 11.4 Å². The van der Waals surface area contributed by atoms with Crippen molar-refractivity contribution in [2.24, 2.45) is 5.73 Å².